The van der Waals surface area contributed by atoms with Crippen molar-refractivity contribution in [3.8, 4) is 0 Å². The van der Waals surface area contributed by atoms with E-state index in [0.717, 1.165) is 11.4 Å². The van der Waals surface area contributed by atoms with E-state index in [1.165, 1.54) is 30.7 Å². The van der Waals surface area contributed by atoms with Gasteiger partial charge in [0.1, 0.15) is 0 Å². The van der Waals surface area contributed by atoms with E-state index in [0.29, 0.717) is 0 Å². The number of nitrogens with zero attached hydrogens (tertiary/aromatic N) is 1. The van der Waals surface area contributed by atoms with Crippen molar-refractivity contribution in [2.45, 2.75) is 93.9 Å². The number of aliphatic imine (C=N–C) groups is 1. The van der Waals surface area contributed by atoms with Gasteiger partial charge < -0.3 is 0 Å². The second kappa shape index (κ2) is 8.64. The smallest absolute Gasteiger partial charge is 0.219 e. The monoisotopic (exact) mass is 480 g/mol. The molecule has 3 rings (SSSR count). The summed E-state index contributed by atoms with van der Waals surface area (Å²) in [5.41, 5.74) is 5.02. The molecule has 1 aromatic heterocycles. The van der Waals surface area contributed by atoms with Gasteiger partial charge in [-0.2, -0.15) is 0 Å². The van der Waals surface area contributed by atoms with E-state index >= 15 is 0 Å². The Morgan fingerprint density at radius 2 is 1.09 bits per heavy atom. The number of hydrogen-bond acceptors (Lipinski definition) is 2. The molecule has 1 aromatic rings. The lowest BCUT2D eigenvalue weighted by atomic mass is 9.91. The van der Waals surface area contributed by atoms with Crippen molar-refractivity contribution in [3.63, 3.8) is 0 Å². The summed E-state index contributed by atoms with van der Waals surface area (Å²) in [6.07, 6.45) is 9.08. The molecule has 3 heterocycles. The minimum Gasteiger partial charge on any atom is -0.248 e. The molecule has 2 aliphatic rings. The number of thioether (sulfide) groups is 1. The molecule has 0 N–H and O–H groups in total. The van der Waals surface area contributed by atoms with Gasteiger partial charge in [-0.25, -0.2) is 4.99 Å². The predicted molar refractivity (Wildman–Crippen MR) is 151 cm³/mol. The summed E-state index contributed by atoms with van der Waals surface area (Å²) in [4.78, 5) is 10.8. The molecule has 2 aliphatic heterocycles. The summed E-state index contributed by atoms with van der Waals surface area (Å²) in [6, 6.07) is 4.69. The molecule has 1 nitrogen and oxygen atoms in total. The summed E-state index contributed by atoms with van der Waals surface area (Å²) >= 11 is 3.86. The highest BCUT2D eigenvalue weighted by Crippen LogP contribution is 2.49. The third kappa shape index (κ3) is 6.17. The fraction of sp³-hybridized carbons (Fsp3) is 0.533. The summed E-state index contributed by atoms with van der Waals surface area (Å²) in [7, 11) is 0. The topological polar surface area (TPSA) is 12.4 Å². The maximum Gasteiger partial charge on any atom is 0.219 e. The first-order valence-corrected chi connectivity index (χ1v) is 13.6. The lowest BCUT2D eigenvalue weighted by molar-refractivity contribution is 0.521. The van der Waals surface area contributed by atoms with Gasteiger partial charge in [0.25, 0.3) is 0 Å². The van der Waals surface area contributed by atoms with Crippen molar-refractivity contribution in [2.24, 2.45) is 15.8 Å². The Morgan fingerprint density at radius 1 is 0.636 bits per heavy atom. The number of allylic oxidation sites excluding steroid dienone is 7. The van der Waals surface area contributed by atoms with E-state index in [4.69, 9.17) is 4.99 Å². The molecule has 0 amide bonds. The van der Waals surface area contributed by atoms with Gasteiger partial charge in [0.05, 0.1) is 11.4 Å². The summed E-state index contributed by atoms with van der Waals surface area (Å²) in [5, 5.41) is 0. The van der Waals surface area contributed by atoms with Gasteiger partial charge in [-0.05, 0) is 44.9 Å². The quantitative estimate of drug-likeness (QED) is 0.364. The average Bonchev–Trinajstić information content (AvgIpc) is 3.15. The van der Waals surface area contributed by atoms with Crippen LogP contribution in [0.1, 0.15) is 98.4 Å². The summed E-state index contributed by atoms with van der Waals surface area (Å²) in [5.74, 6) is 0. The van der Waals surface area contributed by atoms with Crippen LogP contribution in [0, 0.1) is 10.8 Å². The predicted octanol–water partition coefficient (Wildman–Crippen LogP) is 9.84. The first kappa shape index (κ1) is 26.2. The Balaban J connectivity index is 2.15. The number of rotatable bonds is 1. The summed E-state index contributed by atoms with van der Waals surface area (Å²) < 4.78 is 0. The molecular formula is C30H42NS2+. The molecule has 0 radical (unpaired) electrons. The van der Waals surface area contributed by atoms with Crippen LogP contribution in [-0.2, 0) is 10.8 Å². The largest absolute Gasteiger partial charge is 0.248 e. The molecule has 3 heteroatoms. The van der Waals surface area contributed by atoms with Gasteiger partial charge in [0.15, 0.2) is 0 Å². The molecule has 178 valence electrons. The van der Waals surface area contributed by atoms with Gasteiger partial charge in [0.2, 0.25) is 21.1 Å². The van der Waals surface area contributed by atoms with Crippen molar-refractivity contribution >= 4 is 28.8 Å². The molecule has 0 atom stereocenters. The molecule has 0 spiro atoms. The lowest BCUT2D eigenvalue weighted by Gasteiger charge is -2.32. The fourth-order valence-electron chi connectivity index (χ4n) is 3.46. The minimum atomic E-state index is 0.111. The normalized spacial score (nSPS) is 17.9. The Kier molecular flexibility index (Phi) is 6.85. The zero-order valence-corrected chi connectivity index (χ0v) is 24.4. The molecule has 0 saturated heterocycles. The second-order valence-corrected chi connectivity index (χ2v) is 15.5. The third-order valence-corrected chi connectivity index (χ3v) is 9.58. The van der Waals surface area contributed by atoms with Crippen LogP contribution in [0.4, 0.5) is 0 Å². The van der Waals surface area contributed by atoms with Crippen LogP contribution in [-0.4, -0.2) is 5.71 Å². The molecule has 0 aromatic carbocycles. The van der Waals surface area contributed by atoms with Crippen molar-refractivity contribution in [1.82, 2.24) is 0 Å². The second-order valence-electron chi connectivity index (χ2n) is 13.4. The van der Waals surface area contributed by atoms with Crippen molar-refractivity contribution in [3.05, 3.63) is 72.8 Å². The molecule has 0 unspecified atom stereocenters. The van der Waals surface area contributed by atoms with Gasteiger partial charge in [0, 0.05) is 34.1 Å². The van der Waals surface area contributed by atoms with Crippen LogP contribution in [0.2, 0.25) is 0 Å². The van der Waals surface area contributed by atoms with E-state index < -0.39 is 0 Å². The Bertz CT molecular complexity index is 1030. The molecule has 0 aliphatic carbocycles. The molecule has 0 saturated carbocycles. The van der Waals surface area contributed by atoms with Crippen molar-refractivity contribution < 1.29 is 0 Å². The number of hydrogen-bond donors (Lipinski definition) is 0. The lowest BCUT2D eigenvalue weighted by Crippen LogP contribution is -2.15. The molecule has 0 bridgehead atoms. The summed E-state index contributed by atoms with van der Waals surface area (Å²) in [6.45, 7) is 27.6. The Hall–Kier alpha value is -1.45. The first-order valence-electron chi connectivity index (χ1n) is 12.0. The highest BCUT2D eigenvalue weighted by molar-refractivity contribution is 8.06. The van der Waals surface area contributed by atoms with E-state index in [-0.39, 0.29) is 21.7 Å². The van der Waals surface area contributed by atoms with Gasteiger partial charge in [-0.3, -0.25) is 0 Å². The molecule has 33 heavy (non-hydrogen) atoms. The van der Waals surface area contributed by atoms with Gasteiger partial charge in [-0.1, -0.05) is 94.8 Å². The standard InChI is InChI=1S/C30H42NS2/c1-27(2,3)23-15-19(16-24(32-23)28(4,5)6)21-13-14-22(31-21)20-17-25(29(7,8)9)33-26(18-20)30(10,11)12/h13-18H,1-12H3/q+1. The average molecular weight is 481 g/mol. The third-order valence-electron chi connectivity index (χ3n) is 5.77. The van der Waals surface area contributed by atoms with Crippen molar-refractivity contribution in [2.75, 3.05) is 0 Å². The zero-order valence-electron chi connectivity index (χ0n) is 22.7. The fourth-order valence-corrected chi connectivity index (χ4v) is 5.90. The maximum atomic E-state index is 5.15. The van der Waals surface area contributed by atoms with Crippen LogP contribution in [0.5, 0.6) is 0 Å². The van der Waals surface area contributed by atoms with Gasteiger partial charge >= 0.3 is 0 Å². The highest BCUT2D eigenvalue weighted by Gasteiger charge is 2.33. The van der Waals surface area contributed by atoms with E-state index in [1.54, 1.807) is 0 Å². The van der Waals surface area contributed by atoms with Crippen LogP contribution in [0.15, 0.2) is 62.5 Å². The van der Waals surface area contributed by atoms with Gasteiger partial charge in [-0.15, -0.1) is 0 Å². The van der Waals surface area contributed by atoms with Crippen LogP contribution in [0.25, 0.3) is 0 Å². The first-order chi connectivity index (χ1) is 14.9. The highest BCUT2D eigenvalue weighted by atomic mass is 32.2. The zero-order chi connectivity index (χ0) is 25.0. The van der Waals surface area contributed by atoms with E-state index in [9.17, 15) is 0 Å². The van der Waals surface area contributed by atoms with Crippen LogP contribution in [0.3, 0.4) is 0 Å². The Labute approximate surface area is 210 Å². The van der Waals surface area contributed by atoms with Crippen LogP contribution >= 0.6 is 23.1 Å². The van der Waals surface area contributed by atoms with E-state index in [1.807, 2.05) is 23.1 Å². The molecular weight excluding hydrogens is 438 g/mol. The van der Waals surface area contributed by atoms with Crippen molar-refractivity contribution in [1.29, 1.82) is 0 Å². The maximum absolute atomic E-state index is 5.15. The Morgan fingerprint density at radius 3 is 1.48 bits per heavy atom. The van der Waals surface area contributed by atoms with Crippen LogP contribution < -0.4 is 0 Å². The van der Waals surface area contributed by atoms with E-state index in [2.05, 4.69) is 120 Å². The minimum absolute atomic E-state index is 0.111. The SMILES string of the molecule is CC(C)(C)C1=CC(=C2C=CC(c3cc(C(C)(C)C)[s+]c(C(C)(C)C)c3)=N2)C=C(C(C)(C)C)S1. The molecule has 0 fully saturated rings.